The zero-order valence-corrected chi connectivity index (χ0v) is 9.31. The van der Waals surface area contributed by atoms with Crippen LogP contribution >= 0.6 is 0 Å². The van der Waals surface area contributed by atoms with Crippen molar-refractivity contribution >= 4 is 11.2 Å². The zero-order chi connectivity index (χ0) is 11.8. The molecular weight excluding hydrogens is 214 g/mol. The molecule has 0 unspecified atom stereocenters. The Bertz CT molecular complexity index is 655. The molecule has 0 radical (unpaired) electrons. The van der Waals surface area contributed by atoms with Gasteiger partial charge in [-0.25, -0.2) is 9.97 Å². The third kappa shape index (κ3) is 1.63. The number of hydrogen-bond acceptors (Lipinski definition) is 3. The van der Waals surface area contributed by atoms with Gasteiger partial charge in [0.05, 0.1) is 11.1 Å². The third-order valence-corrected chi connectivity index (χ3v) is 2.66. The maximum Gasteiger partial charge on any atom is 0.178 e. The number of phenols is 1. The number of hydrogen-bond donors (Lipinski definition) is 2. The molecule has 0 aliphatic rings. The van der Waals surface area contributed by atoms with E-state index < -0.39 is 0 Å². The first-order chi connectivity index (χ1) is 8.24. The molecule has 0 saturated carbocycles. The topological polar surface area (TPSA) is 61.8 Å². The monoisotopic (exact) mass is 225 g/mol. The van der Waals surface area contributed by atoms with Crippen LogP contribution in [0.25, 0.3) is 22.6 Å². The van der Waals surface area contributed by atoms with Gasteiger partial charge in [0.25, 0.3) is 0 Å². The zero-order valence-electron chi connectivity index (χ0n) is 9.31. The summed E-state index contributed by atoms with van der Waals surface area (Å²) in [5.74, 6) is 0.856. The Morgan fingerprint density at radius 1 is 1.24 bits per heavy atom. The molecular formula is C13H11N3O. The second-order valence-corrected chi connectivity index (χ2v) is 3.98. The Labute approximate surface area is 98.0 Å². The van der Waals surface area contributed by atoms with E-state index in [1.807, 2.05) is 31.2 Å². The molecule has 0 aliphatic carbocycles. The number of aromatic amines is 1. The molecule has 0 spiro atoms. The van der Waals surface area contributed by atoms with Gasteiger partial charge in [-0.05, 0) is 31.2 Å². The number of nitrogens with one attached hydrogen (secondary N) is 1. The van der Waals surface area contributed by atoms with E-state index in [9.17, 15) is 5.11 Å². The van der Waals surface area contributed by atoms with Crippen molar-refractivity contribution in [2.24, 2.45) is 0 Å². The Morgan fingerprint density at radius 3 is 2.94 bits per heavy atom. The molecule has 84 valence electrons. The highest BCUT2D eigenvalue weighted by Crippen LogP contribution is 2.28. The van der Waals surface area contributed by atoms with Crippen molar-refractivity contribution in [1.82, 2.24) is 15.0 Å². The number of aromatic hydroxyl groups is 1. The number of H-pyrrole nitrogens is 1. The molecule has 4 nitrogen and oxygen atoms in total. The summed E-state index contributed by atoms with van der Waals surface area (Å²) in [6, 6.07) is 9.18. The van der Waals surface area contributed by atoms with E-state index >= 15 is 0 Å². The van der Waals surface area contributed by atoms with Gasteiger partial charge in [0.15, 0.2) is 5.65 Å². The van der Waals surface area contributed by atoms with E-state index in [0.717, 1.165) is 11.1 Å². The Hall–Kier alpha value is -2.36. The minimum atomic E-state index is 0.217. The fraction of sp³-hybridized carbons (Fsp3) is 0.0769. The Kier molecular flexibility index (Phi) is 2.08. The molecule has 0 saturated heterocycles. The average Bonchev–Trinajstić information content (AvgIpc) is 2.75. The summed E-state index contributed by atoms with van der Waals surface area (Å²) in [5.41, 5.74) is 3.29. The van der Waals surface area contributed by atoms with Crippen molar-refractivity contribution in [2.45, 2.75) is 6.92 Å². The third-order valence-electron chi connectivity index (χ3n) is 2.66. The van der Waals surface area contributed by atoms with Gasteiger partial charge in [-0.1, -0.05) is 11.6 Å². The van der Waals surface area contributed by atoms with Crippen LogP contribution in [0.15, 0.2) is 36.5 Å². The highest BCUT2D eigenvalue weighted by molar-refractivity contribution is 5.77. The number of benzene rings is 1. The molecule has 2 N–H and O–H groups in total. The molecule has 3 aromatic rings. The lowest BCUT2D eigenvalue weighted by atomic mass is 10.1. The van der Waals surface area contributed by atoms with Crippen LogP contribution < -0.4 is 0 Å². The van der Waals surface area contributed by atoms with Gasteiger partial charge >= 0.3 is 0 Å². The molecule has 17 heavy (non-hydrogen) atoms. The Balaban J connectivity index is 2.23. The van der Waals surface area contributed by atoms with Gasteiger partial charge in [0.1, 0.15) is 11.6 Å². The highest BCUT2D eigenvalue weighted by Gasteiger charge is 2.09. The van der Waals surface area contributed by atoms with Crippen LogP contribution in [0.4, 0.5) is 0 Å². The predicted octanol–water partition coefficient (Wildman–Crippen LogP) is 2.64. The summed E-state index contributed by atoms with van der Waals surface area (Å²) >= 11 is 0. The van der Waals surface area contributed by atoms with Gasteiger partial charge in [-0.2, -0.15) is 0 Å². The van der Waals surface area contributed by atoms with Crippen molar-refractivity contribution in [3.8, 4) is 17.1 Å². The fourth-order valence-corrected chi connectivity index (χ4v) is 1.81. The summed E-state index contributed by atoms with van der Waals surface area (Å²) in [5, 5.41) is 9.83. The summed E-state index contributed by atoms with van der Waals surface area (Å²) < 4.78 is 0. The van der Waals surface area contributed by atoms with E-state index in [1.54, 1.807) is 12.3 Å². The van der Waals surface area contributed by atoms with E-state index in [2.05, 4.69) is 15.0 Å². The molecule has 4 heteroatoms. The minimum absolute atomic E-state index is 0.217. The normalized spacial score (nSPS) is 10.9. The largest absolute Gasteiger partial charge is 0.507 e. The number of imidazole rings is 1. The summed E-state index contributed by atoms with van der Waals surface area (Å²) in [6.45, 7) is 1.98. The van der Waals surface area contributed by atoms with Gasteiger partial charge in [-0.15, -0.1) is 0 Å². The van der Waals surface area contributed by atoms with Crippen molar-refractivity contribution in [2.75, 3.05) is 0 Å². The number of phenolic OH excluding ortho intramolecular Hbond substituents is 1. The molecule has 0 fully saturated rings. The van der Waals surface area contributed by atoms with Gasteiger partial charge in [0, 0.05) is 6.20 Å². The molecule has 0 aliphatic heterocycles. The van der Waals surface area contributed by atoms with Gasteiger partial charge < -0.3 is 10.1 Å². The molecule has 2 aromatic heterocycles. The number of nitrogens with zero attached hydrogens (tertiary/aromatic N) is 2. The standard InChI is InChI=1S/C13H11N3O/c1-8-4-5-11(17)9(7-8)12-15-10-3-2-6-14-13(10)16-12/h2-7,17H,1H3,(H,14,15,16). The lowest BCUT2D eigenvalue weighted by Crippen LogP contribution is -1.83. The smallest absolute Gasteiger partial charge is 0.178 e. The van der Waals surface area contributed by atoms with Crippen LogP contribution in [0.5, 0.6) is 5.75 Å². The van der Waals surface area contributed by atoms with E-state index in [-0.39, 0.29) is 5.75 Å². The minimum Gasteiger partial charge on any atom is -0.507 e. The number of fused-ring (bicyclic) bond motifs is 1. The van der Waals surface area contributed by atoms with Crippen LogP contribution in [-0.2, 0) is 0 Å². The number of aryl methyl sites for hydroxylation is 1. The van der Waals surface area contributed by atoms with Crippen molar-refractivity contribution in [3.05, 3.63) is 42.1 Å². The molecule has 2 heterocycles. The van der Waals surface area contributed by atoms with E-state index in [1.165, 1.54) is 0 Å². The first kappa shape index (κ1) is 9.84. The van der Waals surface area contributed by atoms with E-state index in [0.29, 0.717) is 17.0 Å². The summed E-state index contributed by atoms with van der Waals surface area (Å²) in [6.07, 6.45) is 1.70. The van der Waals surface area contributed by atoms with Gasteiger partial charge in [0.2, 0.25) is 0 Å². The van der Waals surface area contributed by atoms with E-state index in [4.69, 9.17) is 0 Å². The average molecular weight is 225 g/mol. The van der Waals surface area contributed by atoms with Crippen LogP contribution in [-0.4, -0.2) is 20.1 Å². The molecule has 3 rings (SSSR count). The first-order valence-electron chi connectivity index (χ1n) is 5.35. The SMILES string of the molecule is Cc1ccc(O)c(-c2nc3ncccc3[nH]2)c1. The maximum atomic E-state index is 9.83. The number of pyridine rings is 1. The maximum absolute atomic E-state index is 9.83. The first-order valence-corrected chi connectivity index (χ1v) is 5.35. The molecule has 0 amide bonds. The predicted molar refractivity (Wildman–Crippen MR) is 65.7 cm³/mol. The molecule has 1 aromatic carbocycles. The molecule has 0 atom stereocenters. The van der Waals surface area contributed by atoms with Crippen molar-refractivity contribution < 1.29 is 5.11 Å². The second-order valence-electron chi connectivity index (χ2n) is 3.98. The highest BCUT2D eigenvalue weighted by atomic mass is 16.3. The summed E-state index contributed by atoms with van der Waals surface area (Å²) in [7, 11) is 0. The number of aromatic nitrogens is 3. The van der Waals surface area contributed by atoms with Crippen LogP contribution in [0.1, 0.15) is 5.56 Å². The second kappa shape index (κ2) is 3.59. The van der Waals surface area contributed by atoms with Crippen molar-refractivity contribution in [1.29, 1.82) is 0 Å². The Morgan fingerprint density at radius 2 is 2.12 bits per heavy atom. The molecule has 0 bridgehead atoms. The lowest BCUT2D eigenvalue weighted by Gasteiger charge is -2.01. The quantitative estimate of drug-likeness (QED) is 0.669. The van der Waals surface area contributed by atoms with Crippen molar-refractivity contribution in [3.63, 3.8) is 0 Å². The number of rotatable bonds is 1. The van der Waals surface area contributed by atoms with Gasteiger partial charge in [-0.3, -0.25) is 0 Å². The fourth-order valence-electron chi connectivity index (χ4n) is 1.81. The van der Waals surface area contributed by atoms with Crippen LogP contribution in [0.2, 0.25) is 0 Å². The van der Waals surface area contributed by atoms with Crippen LogP contribution in [0, 0.1) is 6.92 Å². The lowest BCUT2D eigenvalue weighted by molar-refractivity contribution is 0.477. The van der Waals surface area contributed by atoms with Crippen LogP contribution in [0.3, 0.4) is 0 Å². The summed E-state index contributed by atoms with van der Waals surface area (Å²) in [4.78, 5) is 11.7.